The third-order valence-corrected chi connectivity index (χ3v) is 5.19. The third kappa shape index (κ3) is 5.57. The molecule has 0 unspecified atom stereocenters. The molecule has 1 amide bonds. The molecule has 144 valence electrons. The van der Waals surface area contributed by atoms with Gasteiger partial charge in [-0.05, 0) is 62.4 Å². The molecule has 27 heavy (non-hydrogen) atoms. The Morgan fingerprint density at radius 3 is 2.96 bits per heavy atom. The van der Waals surface area contributed by atoms with E-state index in [1.165, 1.54) is 12.3 Å². The lowest BCUT2D eigenvalue weighted by Gasteiger charge is -2.35. The lowest BCUT2D eigenvalue weighted by atomic mass is 9.96. The van der Waals surface area contributed by atoms with E-state index in [0.717, 1.165) is 51.0 Å². The Kier molecular flexibility index (Phi) is 6.87. The quantitative estimate of drug-likeness (QED) is 0.752. The number of carbonyl (C=O) groups excluding carboxylic acids is 1. The molecule has 1 saturated heterocycles. The first-order valence-corrected chi connectivity index (χ1v) is 9.68. The zero-order chi connectivity index (χ0) is 19.1. The maximum Gasteiger partial charge on any atom is 0.255 e. The van der Waals surface area contributed by atoms with Gasteiger partial charge in [-0.25, -0.2) is 4.39 Å². The van der Waals surface area contributed by atoms with Crippen molar-refractivity contribution in [2.24, 2.45) is 5.92 Å². The molecule has 1 atom stereocenters. The molecule has 0 N–H and O–H groups in total. The highest BCUT2D eigenvalue weighted by Crippen LogP contribution is 2.19. The van der Waals surface area contributed by atoms with Gasteiger partial charge < -0.3 is 9.80 Å². The van der Waals surface area contributed by atoms with E-state index in [4.69, 9.17) is 0 Å². The first-order chi connectivity index (χ1) is 13.2. The summed E-state index contributed by atoms with van der Waals surface area (Å²) < 4.78 is 13.3. The predicted molar refractivity (Wildman–Crippen MR) is 103 cm³/mol. The van der Waals surface area contributed by atoms with E-state index in [2.05, 4.69) is 15.1 Å². The molecule has 0 aliphatic carbocycles. The molecule has 0 saturated carbocycles. The molecule has 0 spiro atoms. The monoisotopic (exact) mass is 370 g/mol. The zero-order valence-electron chi connectivity index (χ0n) is 15.9. The second-order valence-corrected chi connectivity index (χ2v) is 7.16. The largest absolute Gasteiger partial charge is 0.339 e. The summed E-state index contributed by atoms with van der Waals surface area (Å²) in [6, 6.07) is 8.55. The molecule has 1 fully saturated rings. The number of hydrogen-bond donors (Lipinski definition) is 0. The van der Waals surface area contributed by atoms with Crippen LogP contribution in [0.25, 0.3) is 0 Å². The molecule has 2 heterocycles. The van der Waals surface area contributed by atoms with Crippen molar-refractivity contribution in [2.75, 3.05) is 32.7 Å². The third-order valence-electron chi connectivity index (χ3n) is 5.19. The number of likely N-dealkylation sites (tertiary alicyclic amines) is 1. The number of benzene rings is 1. The van der Waals surface area contributed by atoms with Gasteiger partial charge in [0.05, 0.1) is 18.0 Å². The van der Waals surface area contributed by atoms with Gasteiger partial charge in [-0.2, -0.15) is 10.2 Å². The van der Waals surface area contributed by atoms with Gasteiger partial charge in [-0.15, -0.1) is 0 Å². The van der Waals surface area contributed by atoms with Crippen molar-refractivity contribution in [3.8, 4) is 0 Å². The van der Waals surface area contributed by atoms with Crippen LogP contribution in [0.5, 0.6) is 0 Å². The second kappa shape index (κ2) is 9.55. The highest BCUT2D eigenvalue weighted by molar-refractivity contribution is 5.93. The molecule has 0 radical (unpaired) electrons. The molecule has 3 rings (SSSR count). The van der Waals surface area contributed by atoms with Gasteiger partial charge in [0.2, 0.25) is 0 Å². The number of halogens is 1. The Balaban J connectivity index is 1.53. The van der Waals surface area contributed by atoms with E-state index >= 15 is 0 Å². The van der Waals surface area contributed by atoms with Crippen LogP contribution in [0.4, 0.5) is 4.39 Å². The first kappa shape index (κ1) is 19.4. The lowest BCUT2D eigenvalue weighted by molar-refractivity contribution is 0.0690. The molecule has 0 bridgehead atoms. The van der Waals surface area contributed by atoms with E-state index in [1.807, 2.05) is 17.9 Å². The summed E-state index contributed by atoms with van der Waals surface area (Å²) in [6.07, 6.45) is 6.20. The van der Waals surface area contributed by atoms with Crippen LogP contribution < -0.4 is 0 Å². The highest BCUT2D eigenvalue weighted by Gasteiger charge is 2.24. The number of aromatic nitrogens is 2. The van der Waals surface area contributed by atoms with Gasteiger partial charge in [-0.1, -0.05) is 12.1 Å². The SMILES string of the molecule is CCN(C[C@H]1CCCN(CCc2cccc(F)c2)C1)C(=O)c1ccnnc1. The summed E-state index contributed by atoms with van der Waals surface area (Å²) in [6.45, 7) is 6.42. The predicted octanol–water partition coefficient (Wildman–Crippen LogP) is 3.03. The Hall–Kier alpha value is -2.34. The smallest absolute Gasteiger partial charge is 0.255 e. The summed E-state index contributed by atoms with van der Waals surface area (Å²) in [5.74, 6) is 0.306. The fraction of sp³-hybridized carbons (Fsp3) is 0.476. The number of amides is 1. The fourth-order valence-corrected chi connectivity index (χ4v) is 3.75. The van der Waals surface area contributed by atoms with Crippen molar-refractivity contribution in [3.05, 3.63) is 59.7 Å². The van der Waals surface area contributed by atoms with Crippen LogP contribution in [0.1, 0.15) is 35.7 Å². The van der Waals surface area contributed by atoms with Crippen LogP contribution in [0.15, 0.2) is 42.7 Å². The molecular weight excluding hydrogens is 343 g/mol. The van der Waals surface area contributed by atoms with Crippen molar-refractivity contribution in [1.82, 2.24) is 20.0 Å². The average molecular weight is 370 g/mol. The van der Waals surface area contributed by atoms with Crippen LogP contribution in [0.3, 0.4) is 0 Å². The van der Waals surface area contributed by atoms with Crippen molar-refractivity contribution in [3.63, 3.8) is 0 Å². The van der Waals surface area contributed by atoms with Crippen molar-refractivity contribution < 1.29 is 9.18 Å². The topological polar surface area (TPSA) is 49.3 Å². The van der Waals surface area contributed by atoms with Gasteiger partial charge in [0.15, 0.2) is 0 Å². The average Bonchev–Trinajstić information content (AvgIpc) is 2.71. The first-order valence-electron chi connectivity index (χ1n) is 9.68. The number of hydrogen-bond acceptors (Lipinski definition) is 4. The van der Waals surface area contributed by atoms with Gasteiger partial charge in [0.25, 0.3) is 5.91 Å². The van der Waals surface area contributed by atoms with Crippen molar-refractivity contribution in [2.45, 2.75) is 26.2 Å². The maximum absolute atomic E-state index is 13.3. The fourth-order valence-electron chi connectivity index (χ4n) is 3.75. The number of carbonyl (C=O) groups is 1. The van der Waals surface area contributed by atoms with Gasteiger partial charge in [0, 0.05) is 26.2 Å². The molecule has 2 aromatic rings. The van der Waals surface area contributed by atoms with Crippen LogP contribution in [0, 0.1) is 11.7 Å². The Labute approximate surface area is 160 Å². The molecule has 1 aromatic carbocycles. The Morgan fingerprint density at radius 1 is 1.33 bits per heavy atom. The molecular formula is C21H27FN4O. The maximum atomic E-state index is 13.3. The number of rotatable bonds is 7. The van der Waals surface area contributed by atoms with Gasteiger partial charge >= 0.3 is 0 Å². The highest BCUT2D eigenvalue weighted by atomic mass is 19.1. The molecule has 5 nitrogen and oxygen atoms in total. The Morgan fingerprint density at radius 2 is 2.22 bits per heavy atom. The summed E-state index contributed by atoms with van der Waals surface area (Å²) in [4.78, 5) is 17.0. The summed E-state index contributed by atoms with van der Waals surface area (Å²) in [5, 5.41) is 7.55. The molecule has 1 aliphatic heterocycles. The molecule has 1 aliphatic rings. The van der Waals surface area contributed by atoms with E-state index < -0.39 is 0 Å². The Bertz CT molecular complexity index is 740. The van der Waals surface area contributed by atoms with Gasteiger partial charge in [0.1, 0.15) is 5.82 Å². The minimum atomic E-state index is -0.174. The minimum absolute atomic E-state index is 0.0179. The summed E-state index contributed by atoms with van der Waals surface area (Å²) in [7, 11) is 0. The van der Waals surface area contributed by atoms with Crippen LogP contribution in [0.2, 0.25) is 0 Å². The minimum Gasteiger partial charge on any atom is -0.339 e. The van der Waals surface area contributed by atoms with E-state index in [1.54, 1.807) is 24.4 Å². The van der Waals surface area contributed by atoms with Crippen LogP contribution in [-0.4, -0.2) is 58.6 Å². The summed E-state index contributed by atoms with van der Waals surface area (Å²) >= 11 is 0. The van der Waals surface area contributed by atoms with E-state index in [-0.39, 0.29) is 11.7 Å². The van der Waals surface area contributed by atoms with Crippen molar-refractivity contribution >= 4 is 5.91 Å². The second-order valence-electron chi connectivity index (χ2n) is 7.16. The molecule has 6 heteroatoms. The van der Waals surface area contributed by atoms with Crippen LogP contribution in [-0.2, 0) is 6.42 Å². The number of nitrogens with zero attached hydrogens (tertiary/aromatic N) is 4. The van der Waals surface area contributed by atoms with E-state index in [0.29, 0.717) is 18.0 Å². The summed E-state index contributed by atoms with van der Waals surface area (Å²) in [5.41, 5.74) is 1.62. The van der Waals surface area contributed by atoms with Crippen LogP contribution >= 0.6 is 0 Å². The standard InChI is InChI=1S/C21H27FN4O/c1-2-26(21(27)19-8-10-23-24-14-19)16-18-6-4-11-25(15-18)12-9-17-5-3-7-20(22)13-17/h3,5,7-8,10,13-14,18H,2,4,6,9,11-12,15-16H2,1H3/t18-/m0/s1. The van der Waals surface area contributed by atoms with Crippen molar-refractivity contribution in [1.29, 1.82) is 0 Å². The lowest BCUT2D eigenvalue weighted by Crippen LogP contribution is -2.43. The van der Waals surface area contributed by atoms with Gasteiger partial charge in [-0.3, -0.25) is 4.79 Å². The normalized spacial score (nSPS) is 17.6. The van der Waals surface area contributed by atoms with E-state index in [9.17, 15) is 9.18 Å². The number of piperidine rings is 1. The zero-order valence-corrected chi connectivity index (χ0v) is 15.9. The molecule has 1 aromatic heterocycles.